The monoisotopic (exact) mass is 257 g/mol. The highest BCUT2D eigenvalue weighted by Crippen LogP contribution is 2.14. The van der Waals surface area contributed by atoms with E-state index in [1.165, 1.54) is 12.1 Å². The summed E-state index contributed by atoms with van der Waals surface area (Å²) in [5.74, 6) is -2.27. The number of hydrogen-bond acceptors (Lipinski definition) is 3. The molecule has 1 unspecified atom stereocenters. The fourth-order valence-corrected chi connectivity index (χ4v) is 1.89. The first-order chi connectivity index (χ1) is 8.56. The van der Waals surface area contributed by atoms with Crippen molar-refractivity contribution in [3.05, 3.63) is 35.4 Å². The maximum atomic E-state index is 13.4. The molecule has 1 atom stereocenters. The molecule has 0 aliphatic carbocycles. The summed E-state index contributed by atoms with van der Waals surface area (Å²) in [7, 11) is 0. The van der Waals surface area contributed by atoms with Gasteiger partial charge in [-0.25, -0.2) is 13.6 Å². The first-order valence-electron chi connectivity index (χ1n) is 5.57. The van der Waals surface area contributed by atoms with Crippen LogP contribution < -0.4 is 0 Å². The van der Waals surface area contributed by atoms with Crippen LogP contribution in [0, 0.1) is 11.6 Å². The molecule has 1 aromatic carbocycles. The van der Waals surface area contributed by atoms with Crippen molar-refractivity contribution in [2.24, 2.45) is 0 Å². The van der Waals surface area contributed by atoms with Crippen molar-refractivity contribution in [3.8, 4) is 0 Å². The number of carboxylic acids is 1. The number of carbonyl (C=O) groups is 1. The molecular formula is C12H13F2NO3. The highest BCUT2D eigenvalue weighted by molar-refractivity contribution is 5.72. The minimum atomic E-state index is -1.03. The van der Waals surface area contributed by atoms with Gasteiger partial charge in [0.25, 0.3) is 0 Å². The number of morpholine rings is 1. The standard InChI is InChI=1S/C12H13F2NO3/c13-9-2-1-8(10(14)5-9)6-15-3-4-18-11(7-15)12(16)17/h1-2,5,11H,3-4,6-7H2,(H,16,17). The number of rotatable bonds is 3. The van der Waals surface area contributed by atoms with Gasteiger partial charge in [-0.3, -0.25) is 4.90 Å². The molecule has 1 aliphatic rings. The maximum Gasteiger partial charge on any atom is 0.334 e. The highest BCUT2D eigenvalue weighted by Gasteiger charge is 2.26. The second kappa shape index (κ2) is 5.41. The average Bonchev–Trinajstić information content (AvgIpc) is 2.33. The molecule has 6 heteroatoms. The number of benzene rings is 1. The smallest absolute Gasteiger partial charge is 0.334 e. The Morgan fingerprint density at radius 3 is 2.94 bits per heavy atom. The lowest BCUT2D eigenvalue weighted by Gasteiger charge is -2.30. The summed E-state index contributed by atoms with van der Waals surface area (Å²) in [6.07, 6.45) is -0.887. The van der Waals surface area contributed by atoms with E-state index in [1.54, 1.807) is 4.90 Å². The maximum absolute atomic E-state index is 13.4. The van der Waals surface area contributed by atoms with Gasteiger partial charge in [-0.1, -0.05) is 6.07 Å². The first-order valence-corrected chi connectivity index (χ1v) is 5.57. The lowest BCUT2D eigenvalue weighted by molar-refractivity contribution is -0.156. The summed E-state index contributed by atoms with van der Waals surface area (Å²) in [5, 5.41) is 8.84. The molecule has 0 amide bonds. The van der Waals surface area contributed by atoms with Gasteiger partial charge in [0.15, 0.2) is 6.10 Å². The van der Waals surface area contributed by atoms with Gasteiger partial charge in [0.05, 0.1) is 6.61 Å². The number of halogens is 2. The van der Waals surface area contributed by atoms with E-state index in [4.69, 9.17) is 9.84 Å². The third-order valence-corrected chi connectivity index (χ3v) is 2.84. The Hall–Kier alpha value is -1.53. The van der Waals surface area contributed by atoms with Crippen molar-refractivity contribution in [3.63, 3.8) is 0 Å². The number of aliphatic carboxylic acids is 1. The highest BCUT2D eigenvalue weighted by atomic mass is 19.1. The fourth-order valence-electron chi connectivity index (χ4n) is 1.89. The van der Waals surface area contributed by atoms with Gasteiger partial charge in [-0.05, 0) is 6.07 Å². The molecule has 1 saturated heterocycles. The Kier molecular flexibility index (Phi) is 3.88. The minimum absolute atomic E-state index is 0.201. The van der Waals surface area contributed by atoms with Gasteiger partial charge in [0.1, 0.15) is 11.6 Å². The van der Waals surface area contributed by atoms with Crippen LogP contribution in [-0.4, -0.2) is 41.8 Å². The molecule has 18 heavy (non-hydrogen) atoms. The number of hydrogen-bond donors (Lipinski definition) is 1. The van der Waals surface area contributed by atoms with Crippen molar-refractivity contribution in [1.29, 1.82) is 0 Å². The summed E-state index contributed by atoms with van der Waals surface area (Å²) in [6, 6.07) is 3.38. The molecule has 0 bridgehead atoms. The fraction of sp³-hybridized carbons (Fsp3) is 0.417. The van der Waals surface area contributed by atoms with Crippen molar-refractivity contribution in [2.75, 3.05) is 19.7 Å². The molecule has 4 nitrogen and oxygen atoms in total. The molecule has 1 N–H and O–H groups in total. The van der Waals surface area contributed by atoms with Gasteiger partial charge in [-0.2, -0.15) is 0 Å². The topological polar surface area (TPSA) is 49.8 Å². The molecule has 0 spiro atoms. The van der Waals surface area contributed by atoms with Crippen molar-refractivity contribution < 1.29 is 23.4 Å². The summed E-state index contributed by atoms with van der Waals surface area (Å²) in [5.41, 5.74) is 0.349. The van der Waals surface area contributed by atoms with Gasteiger partial charge in [-0.15, -0.1) is 0 Å². The number of nitrogens with zero attached hydrogens (tertiary/aromatic N) is 1. The number of ether oxygens (including phenoxy) is 1. The SMILES string of the molecule is O=C(O)C1CN(Cc2ccc(F)cc2F)CCO1. The molecule has 0 radical (unpaired) electrons. The van der Waals surface area contributed by atoms with Gasteiger partial charge < -0.3 is 9.84 Å². The van der Waals surface area contributed by atoms with Crippen LogP contribution in [0.4, 0.5) is 8.78 Å². The second-order valence-electron chi connectivity index (χ2n) is 4.17. The van der Waals surface area contributed by atoms with E-state index in [2.05, 4.69) is 0 Å². The van der Waals surface area contributed by atoms with Gasteiger partial charge in [0, 0.05) is 31.3 Å². The predicted molar refractivity (Wildman–Crippen MR) is 59.0 cm³/mol. The van der Waals surface area contributed by atoms with Crippen LogP contribution in [0.1, 0.15) is 5.56 Å². The van der Waals surface area contributed by atoms with E-state index >= 15 is 0 Å². The molecule has 2 rings (SSSR count). The summed E-state index contributed by atoms with van der Waals surface area (Å²) < 4.78 is 31.3. The Morgan fingerprint density at radius 2 is 2.28 bits per heavy atom. The molecule has 1 fully saturated rings. The minimum Gasteiger partial charge on any atom is -0.479 e. The molecule has 1 aromatic rings. The van der Waals surface area contributed by atoms with E-state index in [0.717, 1.165) is 6.07 Å². The zero-order valence-corrected chi connectivity index (χ0v) is 9.60. The van der Waals surface area contributed by atoms with Crippen LogP contribution in [0.5, 0.6) is 0 Å². The third-order valence-electron chi connectivity index (χ3n) is 2.84. The normalized spacial score (nSPS) is 20.9. The van der Waals surface area contributed by atoms with Crippen LogP contribution in [0.15, 0.2) is 18.2 Å². The Balaban J connectivity index is 2.02. The first kappa shape index (κ1) is 12.9. The summed E-state index contributed by atoms with van der Waals surface area (Å²) in [4.78, 5) is 12.6. The Bertz CT molecular complexity index is 453. The molecule has 98 valence electrons. The van der Waals surface area contributed by atoms with E-state index in [9.17, 15) is 13.6 Å². The van der Waals surface area contributed by atoms with E-state index in [-0.39, 0.29) is 13.1 Å². The summed E-state index contributed by atoms with van der Waals surface area (Å²) >= 11 is 0. The predicted octanol–water partition coefficient (Wildman–Crippen LogP) is 1.25. The molecule has 1 heterocycles. The van der Waals surface area contributed by atoms with Crippen LogP contribution >= 0.6 is 0 Å². The van der Waals surface area contributed by atoms with Crippen molar-refractivity contribution >= 4 is 5.97 Å². The number of carboxylic acid groups (broad SMARTS) is 1. The second-order valence-corrected chi connectivity index (χ2v) is 4.17. The molecule has 0 saturated carbocycles. The molecule has 1 aliphatic heterocycles. The quantitative estimate of drug-likeness (QED) is 0.885. The van der Waals surface area contributed by atoms with Crippen LogP contribution in [0.3, 0.4) is 0 Å². The largest absolute Gasteiger partial charge is 0.479 e. The van der Waals surface area contributed by atoms with Crippen LogP contribution in [0.2, 0.25) is 0 Å². The molecule has 0 aromatic heterocycles. The zero-order chi connectivity index (χ0) is 13.1. The van der Waals surface area contributed by atoms with E-state index in [0.29, 0.717) is 18.7 Å². The van der Waals surface area contributed by atoms with E-state index in [1.807, 2.05) is 0 Å². The van der Waals surface area contributed by atoms with Gasteiger partial charge in [0.2, 0.25) is 0 Å². The Labute approximate surface area is 103 Å². The lowest BCUT2D eigenvalue weighted by Crippen LogP contribution is -2.45. The Morgan fingerprint density at radius 1 is 1.50 bits per heavy atom. The van der Waals surface area contributed by atoms with Crippen molar-refractivity contribution in [1.82, 2.24) is 4.90 Å². The third kappa shape index (κ3) is 3.02. The zero-order valence-electron chi connectivity index (χ0n) is 9.60. The average molecular weight is 257 g/mol. The molecular weight excluding hydrogens is 244 g/mol. The van der Waals surface area contributed by atoms with Crippen LogP contribution in [-0.2, 0) is 16.1 Å². The lowest BCUT2D eigenvalue weighted by atomic mass is 10.1. The summed E-state index contributed by atoms with van der Waals surface area (Å²) in [6.45, 7) is 1.27. The van der Waals surface area contributed by atoms with E-state index < -0.39 is 23.7 Å². The van der Waals surface area contributed by atoms with Crippen LogP contribution in [0.25, 0.3) is 0 Å². The van der Waals surface area contributed by atoms with Crippen molar-refractivity contribution in [2.45, 2.75) is 12.6 Å². The van der Waals surface area contributed by atoms with Gasteiger partial charge >= 0.3 is 5.97 Å².